The van der Waals surface area contributed by atoms with Gasteiger partial charge >= 0.3 is 0 Å². The molecule has 1 aliphatic rings. The first-order valence-electron chi connectivity index (χ1n) is 7.87. The maximum Gasteiger partial charge on any atom is 0.0704 e. The SMILES string of the molecule is c1ccc(-c2cccc3c2CCC[C@@H]3c2ccccn2)nc1. The van der Waals surface area contributed by atoms with Crippen molar-refractivity contribution < 1.29 is 0 Å². The average Bonchev–Trinajstić information content (AvgIpc) is 2.62. The molecule has 0 bridgehead atoms. The molecule has 0 saturated heterocycles. The van der Waals surface area contributed by atoms with Gasteiger partial charge in [0.25, 0.3) is 0 Å². The highest BCUT2D eigenvalue weighted by molar-refractivity contribution is 5.66. The van der Waals surface area contributed by atoms with Gasteiger partial charge in [-0.15, -0.1) is 0 Å². The Hall–Kier alpha value is -2.48. The third-order valence-corrected chi connectivity index (χ3v) is 4.49. The molecular weight excluding hydrogens is 268 g/mol. The van der Waals surface area contributed by atoms with Crippen LogP contribution in [0.3, 0.4) is 0 Å². The normalized spacial score (nSPS) is 17.0. The van der Waals surface area contributed by atoms with Crippen molar-refractivity contribution in [2.75, 3.05) is 0 Å². The van der Waals surface area contributed by atoms with Gasteiger partial charge in [0.05, 0.1) is 5.69 Å². The number of hydrogen-bond donors (Lipinski definition) is 0. The number of hydrogen-bond acceptors (Lipinski definition) is 2. The Bertz CT molecular complexity index is 766. The lowest BCUT2D eigenvalue weighted by Gasteiger charge is -2.27. The summed E-state index contributed by atoms with van der Waals surface area (Å²) >= 11 is 0. The summed E-state index contributed by atoms with van der Waals surface area (Å²) in [6.45, 7) is 0. The third kappa shape index (κ3) is 2.31. The molecule has 1 aromatic carbocycles. The summed E-state index contributed by atoms with van der Waals surface area (Å²) < 4.78 is 0. The fraction of sp³-hybridized carbons (Fsp3) is 0.200. The molecule has 0 radical (unpaired) electrons. The summed E-state index contributed by atoms with van der Waals surface area (Å²) in [7, 11) is 0. The fourth-order valence-corrected chi connectivity index (χ4v) is 3.50. The molecule has 108 valence electrons. The number of rotatable bonds is 2. The van der Waals surface area contributed by atoms with Gasteiger partial charge in [0.2, 0.25) is 0 Å². The van der Waals surface area contributed by atoms with Crippen LogP contribution in [0.25, 0.3) is 11.3 Å². The second-order valence-corrected chi connectivity index (χ2v) is 5.79. The average molecular weight is 286 g/mol. The van der Waals surface area contributed by atoms with Crippen LogP contribution in [0.1, 0.15) is 35.6 Å². The fourth-order valence-electron chi connectivity index (χ4n) is 3.50. The molecule has 0 aliphatic heterocycles. The molecule has 2 nitrogen and oxygen atoms in total. The van der Waals surface area contributed by atoms with Crippen LogP contribution in [-0.4, -0.2) is 9.97 Å². The minimum absolute atomic E-state index is 0.411. The second kappa shape index (κ2) is 5.72. The molecule has 0 saturated carbocycles. The summed E-state index contributed by atoms with van der Waals surface area (Å²) in [4.78, 5) is 9.13. The first kappa shape index (κ1) is 13.2. The van der Waals surface area contributed by atoms with E-state index < -0.39 is 0 Å². The quantitative estimate of drug-likeness (QED) is 0.687. The zero-order chi connectivity index (χ0) is 14.8. The van der Waals surface area contributed by atoms with Gasteiger partial charge in [0.1, 0.15) is 0 Å². The lowest BCUT2D eigenvalue weighted by atomic mass is 9.78. The number of nitrogens with zero attached hydrogens (tertiary/aromatic N) is 2. The van der Waals surface area contributed by atoms with Gasteiger partial charge in [0, 0.05) is 29.6 Å². The molecule has 4 rings (SSSR count). The van der Waals surface area contributed by atoms with Gasteiger partial charge in [-0.05, 0) is 54.7 Å². The van der Waals surface area contributed by atoms with E-state index in [1.165, 1.54) is 35.2 Å². The molecule has 22 heavy (non-hydrogen) atoms. The maximum atomic E-state index is 4.59. The van der Waals surface area contributed by atoms with Gasteiger partial charge in [-0.3, -0.25) is 9.97 Å². The lowest BCUT2D eigenvalue weighted by molar-refractivity contribution is 0.605. The topological polar surface area (TPSA) is 25.8 Å². The standard InChI is InChI=1S/C20H18N2/c1-3-13-21-19(11-1)17-9-5-8-16-15(17)7-6-10-18(16)20-12-2-4-14-22-20/h1-5,8-9,11-14,18H,6-7,10H2/t18-/m0/s1. The van der Waals surface area contributed by atoms with Crippen molar-refractivity contribution >= 4 is 0 Å². The minimum Gasteiger partial charge on any atom is -0.261 e. The van der Waals surface area contributed by atoms with Gasteiger partial charge in [0.15, 0.2) is 0 Å². The van der Waals surface area contributed by atoms with E-state index in [0.29, 0.717) is 5.92 Å². The van der Waals surface area contributed by atoms with Crippen molar-refractivity contribution in [1.82, 2.24) is 9.97 Å². The van der Waals surface area contributed by atoms with Gasteiger partial charge in [-0.1, -0.05) is 30.3 Å². The highest BCUT2D eigenvalue weighted by atomic mass is 14.7. The van der Waals surface area contributed by atoms with Crippen LogP contribution in [0.4, 0.5) is 0 Å². The van der Waals surface area contributed by atoms with Crippen molar-refractivity contribution in [3.63, 3.8) is 0 Å². The molecule has 2 heterocycles. The molecule has 0 fully saturated rings. The van der Waals surface area contributed by atoms with Crippen LogP contribution in [0.5, 0.6) is 0 Å². The Labute approximate surface area is 130 Å². The lowest BCUT2D eigenvalue weighted by Crippen LogP contribution is -2.13. The summed E-state index contributed by atoms with van der Waals surface area (Å²) in [5.74, 6) is 0.411. The van der Waals surface area contributed by atoms with E-state index in [0.717, 1.165) is 12.1 Å². The Morgan fingerprint density at radius 3 is 2.45 bits per heavy atom. The summed E-state index contributed by atoms with van der Waals surface area (Å²) in [6.07, 6.45) is 7.28. The van der Waals surface area contributed by atoms with Crippen LogP contribution >= 0.6 is 0 Å². The van der Waals surface area contributed by atoms with Crippen molar-refractivity contribution in [3.05, 3.63) is 83.8 Å². The van der Waals surface area contributed by atoms with Crippen LogP contribution in [0, 0.1) is 0 Å². The zero-order valence-electron chi connectivity index (χ0n) is 12.4. The van der Waals surface area contributed by atoms with Crippen LogP contribution in [-0.2, 0) is 6.42 Å². The van der Waals surface area contributed by atoms with Crippen molar-refractivity contribution in [3.8, 4) is 11.3 Å². The molecule has 2 aromatic heterocycles. The molecule has 1 aliphatic carbocycles. The first-order chi connectivity index (χ1) is 10.9. The van der Waals surface area contributed by atoms with E-state index in [9.17, 15) is 0 Å². The highest BCUT2D eigenvalue weighted by Gasteiger charge is 2.24. The largest absolute Gasteiger partial charge is 0.261 e. The summed E-state index contributed by atoms with van der Waals surface area (Å²) in [5.41, 5.74) is 6.40. The van der Waals surface area contributed by atoms with E-state index in [1.807, 2.05) is 24.5 Å². The predicted molar refractivity (Wildman–Crippen MR) is 88.7 cm³/mol. The van der Waals surface area contributed by atoms with Crippen LogP contribution in [0.2, 0.25) is 0 Å². The van der Waals surface area contributed by atoms with E-state index in [4.69, 9.17) is 0 Å². The van der Waals surface area contributed by atoms with E-state index in [-0.39, 0.29) is 0 Å². The highest BCUT2D eigenvalue weighted by Crippen LogP contribution is 2.39. The first-order valence-corrected chi connectivity index (χ1v) is 7.87. The molecule has 0 spiro atoms. The van der Waals surface area contributed by atoms with Gasteiger partial charge in [-0.2, -0.15) is 0 Å². The van der Waals surface area contributed by atoms with Crippen LogP contribution in [0.15, 0.2) is 67.0 Å². The molecular formula is C20H18N2. The molecule has 0 N–H and O–H groups in total. The second-order valence-electron chi connectivity index (χ2n) is 5.79. The van der Waals surface area contributed by atoms with Crippen molar-refractivity contribution in [2.45, 2.75) is 25.2 Å². The van der Waals surface area contributed by atoms with Gasteiger partial charge in [-0.25, -0.2) is 0 Å². The van der Waals surface area contributed by atoms with Gasteiger partial charge < -0.3 is 0 Å². The number of aromatic nitrogens is 2. The summed E-state index contributed by atoms with van der Waals surface area (Å²) in [6, 6.07) is 19.0. The van der Waals surface area contributed by atoms with E-state index in [1.54, 1.807) is 0 Å². The summed E-state index contributed by atoms with van der Waals surface area (Å²) in [5, 5.41) is 0. The Morgan fingerprint density at radius 1 is 0.818 bits per heavy atom. The monoisotopic (exact) mass is 286 g/mol. The Kier molecular flexibility index (Phi) is 3.43. The molecule has 2 heteroatoms. The van der Waals surface area contributed by atoms with Crippen molar-refractivity contribution in [1.29, 1.82) is 0 Å². The molecule has 0 unspecified atom stereocenters. The number of pyridine rings is 2. The minimum atomic E-state index is 0.411. The molecule has 3 aromatic rings. The Morgan fingerprint density at radius 2 is 1.68 bits per heavy atom. The Balaban J connectivity index is 1.84. The van der Waals surface area contributed by atoms with E-state index in [2.05, 4.69) is 52.4 Å². The van der Waals surface area contributed by atoms with Crippen molar-refractivity contribution in [2.24, 2.45) is 0 Å². The maximum absolute atomic E-state index is 4.59. The van der Waals surface area contributed by atoms with Crippen LogP contribution < -0.4 is 0 Å². The molecule has 0 amide bonds. The zero-order valence-corrected chi connectivity index (χ0v) is 12.4. The third-order valence-electron chi connectivity index (χ3n) is 4.49. The smallest absolute Gasteiger partial charge is 0.0704 e. The number of benzene rings is 1. The number of fused-ring (bicyclic) bond motifs is 1. The predicted octanol–water partition coefficient (Wildman–Crippen LogP) is 4.61. The molecule has 1 atom stereocenters. The van der Waals surface area contributed by atoms with E-state index >= 15 is 0 Å².